The summed E-state index contributed by atoms with van der Waals surface area (Å²) in [5.74, 6) is 1.04. The van der Waals surface area contributed by atoms with Gasteiger partial charge in [0.05, 0.1) is 12.7 Å². The zero-order valence-corrected chi connectivity index (χ0v) is 14.7. The van der Waals surface area contributed by atoms with Crippen LogP contribution in [0.2, 0.25) is 0 Å². The summed E-state index contributed by atoms with van der Waals surface area (Å²) in [6.45, 7) is 3.42. The summed E-state index contributed by atoms with van der Waals surface area (Å²) < 4.78 is 17.3. The Kier molecular flexibility index (Phi) is 4.79. The minimum atomic E-state index is 0.0518. The van der Waals surface area contributed by atoms with E-state index in [0.717, 1.165) is 57.8 Å². The average molecular weight is 331 g/mol. The minimum Gasteiger partial charge on any atom is -0.496 e. The fourth-order valence-electron chi connectivity index (χ4n) is 4.53. The van der Waals surface area contributed by atoms with E-state index in [0.29, 0.717) is 6.04 Å². The van der Waals surface area contributed by atoms with Gasteiger partial charge >= 0.3 is 0 Å². The molecule has 0 saturated carbocycles. The number of benzene rings is 1. The van der Waals surface area contributed by atoms with Crippen molar-refractivity contribution in [3.63, 3.8) is 0 Å². The summed E-state index contributed by atoms with van der Waals surface area (Å²) in [4.78, 5) is 0. The summed E-state index contributed by atoms with van der Waals surface area (Å²) in [6, 6.07) is 5.14. The van der Waals surface area contributed by atoms with E-state index in [4.69, 9.17) is 14.2 Å². The summed E-state index contributed by atoms with van der Waals surface area (Å²) in [7, 11) is 1.78. The maximum absolute atomic E-state index is 6.15. The number of hydrogen-bond acceptors (Lipinski definition) is 4. The third-order valence-corrected chi connectivity index (χ3v) is 5.97. The van der Waals surface area contributed by atoms with Crippen LogP contribution in [0.4, 0.5) is 0 Å². The van der Waals surface area contributed by atoms with Crippen molar-refractivity contribution >= 4 is 0 Å². The largest absolute Gasteiger partial charge is 0.496 e. The first kappa shape index (κ1) is 16.4. The highest BCUT2D eigenvalue weighted by Crippen LogP contribution is 2.35. The fourth-order valence-corrected chi connectivity index (χ4v) is 4.53. The van der Waals surface area contributed by atoms with Gasteiger partial charge in [-0.2, -0.15) is 0 Å². The van der Waals surface area contributed by atoms with Gasteiger partial charge in [0.15, 0.2) is 0 Å². The van der Waals surface area contributed by atoms with E-state index in [1.165, 1.54) is 36.0 Å². The van der Waals surface area contributed by atoms with Crippen molar-refractivity contribution in [2.75, 3.05) is 26.9 Å². The Morgan fingerprint density at radius 2 is 1.96 bits per heavy atom. The maximum atomic E-state index is 6.15. The second-order valence-electron chi connectivity index (χ2n) is 7.50. The Morgan fingerprint density at radius 3 is 2.75 bits per heavy atom. The van der Waals surface area contributed by atoms with E-state index in [9.17, 15) is 0 Å². The van der Waals surface area contributed by atoms with Gasteiger partial charge in [-0.1, -0.05) is 6.07 Å². The molecular weight excluding hydrogens is 302 g/mol. The first-order valence-electron chi connectivity index (χ1n) is 9.42. The second-order valence-corrected chi connectivity index (χ2v) is 7.50. The molecule has 24 heavy (non-hydrogen) atoms. The highest BCUT2D eigenvalue weighted by atomic mass is 16.5. The monoisotopic (exact) mass is 331 g/mol. The van der Waals surface area contributed by atoms with E-state index < -0.39 is 0 Å². The molecule has 132 valence electrons. The zero-order chi connectivity index (χ0) is 16.4. The number of rotatable bonds is 4. The minimum absolute atomic E-state index is 0.0518. The normalized spacial score (nSPS) is 25.6. The van der Waals surface area contributed by atoms with Crippen LogP contribution in [0.15, 0.2) is 12.1 Å². The first-order chi connectivity index (χ1) is 11.8. The van der Waals surface area contributed by atoms with Crippen LogP contribution >= 0.6 is 0 Å². The van der Waals surface area contributed by atoms with Crippen molar-refractivity contribution in [3.8, 4) is 5.75 Å². The molecule has 2 saturated heterocycles. The molecule has 3 aliphatic rings. The molecule has 0 radical (unpaired) electrons. The molecule has 4 heteroatoms. The van der Waals surface area contributed by atoms with E-state index in [1.807, 2.05) is 0 Å². The number of fused-ring (bicyclic) bond motifs is 1. The van der Waals surface area contributed by atoms with Gasteiger partial charge in [0.1, 0.15) is 5.75 Å². The summed E-state index contributed by atoms with van der Waals surface area (Å²) in [5, 5.41) is 3.77. The fraction of sp³-hybridized carbons (Fsp3) is 0.700. The predicted molar refractivity (Wildman–Crippen MR) is 93.6 cm³/mol. The van der Waals surface area contributed by atoms with Crippen molar-refractivity contribution in [2.24, 2.45) is 0 Å². The molecule has 1 N–H and O–H groups in total. The molecule has 2 heterocycles. The Labute approximate surface area is 144 Å². The van der Waals surface area contributed by atoms with Crippen LogP contribution in [0.25, 0.3) is 0 Å². The molecule has 2 fully saturated rings. The van der Waals surface area contributed by atoms with Gasteiger partial charge in [-0.05, 0) is 62.1 Å². The van der Waals surface area contributed by atoms with Gasteiger partial charge in [-0.25, -0.2) is 0 Å². The Balaban J connectivity index is 1.41. The lowest BCUT2D eigenvalue weighted by atomic mass is 9.84. The van der Waals surface area contributed by atoms with E-state index in [2.05, 4.69) is 17.4 Å². The molecule has 2 aliphatic heterocycles. The van der Waals surface area contributed by atoms with Gasteiger partial charge < -0.3 is 19.5 Å². The molecule has 0 aromatic heterocycles. The third-order valence-electron chi connectivity index (χ3n) is 5.97. The number of aryl methyl sites for hydroxylation is 2. The lowest BCUT2D eigenvalue weighted by Gasteiger charge is -2.43. The maximum Gasteiger partial charge on any atom is 0.123 e. The summed E-state index contributed by atoms with van der Waals surface area (Å²) in [6.07, 6.45) is 7.96. The highest BCUT2D eigenvalue weighted by Gasteiger charge is 2.38. The molecule has 1 aromatic rings. The van der Waals surface area contributed by atoms with Crippen LogP contribution in [0.1, 0.15) is 48.8 Å². The molecule has 4 nitrogen and oxygen atoms in total. The molecule has 1 spiro atoms. The number of methoxy groups -OCH3 is 1. The van der Waals surface area contributed by atoms with Crippen molar-refractivity contribution < 1.29 is 14.2 Å². The zero-order valence-electron chi connectivity index (χ0n) is 14.7. The van der Waals surface area contributed by atoms with E-state index in [1.54, 1.807) is 7.11 Å². The molecule has 1 aromatic carbocycles. The first-order valence-corrected chi connectivity index (χ1v) is 9.42. The van der Waals surface area contributed by atoms with Gasteiger partial charge in [-0.3, -0.25) is 0 Å². The van der Waals surface area contributed by atoms with Crippen molar-refractivity contribution in [2.45, 2.75) is 63.1 Å². The van der Waals surface area contributed by atoms with E-state index >= 15 is 0 Å². The lowest BCUT2D eigenvalue weighted by molar-refractivity contribution is -0.140. The quantitative estimate of drug-likeness (QED) is 0.921. The second kappa shape index (κ2) is 7.03. The lowest BCUT2D eigenvalue weighted by Crippen LogP contribution is -2.49. The topological polar surface area (TPSA) is 39.7 Å². The SMILES string of the molecule is COc1cc2c(cc1CN[C@@H]1CCOC3(CCOCC3)C1)CCC2. The smallest absolute Gasteiger partial charge is 0.123 e. The van der Waals surface area contributed by atoms with Gasteiger partial charge in [0.25, 0.3) is 0 Å². The molecule has 1 atom stereocenters. The van der Waals surface area contributed by atoms with Crippen LogP contribution in [0.5, 0.6) is 5.75 Å². The third kappa shape index (κ3) is 3.32. The number of hydrogen-bond donors (Lipinski definition) is 1. The molecule has 0 bridgehead atoms. The predicted octanol–water partition coefficient (Wildman–Crippen LogP) is 3.00. The van der Waals surface area contributed by atoms with Crippen LogP contribution in [0, 0.1) is 0 Å². The molecule has 0 amide bonds. The van der Waals surface area contributed by atoms with Crippen LogP contribution in [-0.4, -0.2) is 38.6 Å². The van der Waals surface area contributed by atoms with Crippen molar-refractivity contribution in [3.05, 3.63) is 28.8 Å². The number of ether oxygens (including phenoxy) is 3. The Bertz CT molecular complexity index is 575. The van der Waals surface area contributed by atoms with Crippen LogP contribution in [0.3, 0.4) is 0 Å². The Hall–Kier alpha value is -1.10. The molecule has 1 aliphatic carbocycles. The number of nitrogens with one attached hydrogen (secondary N) is 1. The van der Waals surface area contributed by atoms with Crippen LogP contribution < -0.4 is 10.1 Å². The molecule has 0 unspecified atom stereocenters. The van der Waals surface area contributed by atoms with E-state index in [-0.39, 0.29) is 5.60 Å². The van der Waals surface area contributed by atoms with Gasteiger partial charge in [0, 0.05) is 38.0 Å². The standard InChI is InChI=1S/C20H29NO3/c1-22-19-12-16-4-2-3-15(16)11-17(19)14-21-18-5-8-24-20(13-18)6-9-23-10-7-20/h11-12,18,21H,2-10,13-14H2,1H3/t18-/m1/s1. The Morgan fingerprint density at radius 1 is 1.17 bits per heavy atom. The van der Waals surface area contributed by atoms with Crippen molar-refractivity contribution in [1.82, 2.24) is 5.32 Å². The highest BCUT2D eigenvalue weighted by molar-refractivity contribution is 5.44. The van der Waals surface area contributed by atoms with Gasteiger partial charge in [0.2, 0.25) is 0 Å². The van der Waals surface area contributed by atoms with Crippen LogP contribution in [-0.2, 0) is 28.9 Å². The average Bonchev–Trinajstić information content (AvgIpc) is 3.07. The molecular formula is C20H29NO3. The summed E-state index contributed by atoms with van der Waals surface area (Å²) >= 11 is 0. The summed E-state index contributed by atoms with van der Waals surface area (Å²) in [5.41, 5.74) is 4.34. The molecule has 4 rings (SSSR count). The van der Waals surface area contributed by atoms with Gasteiger partial charge in [-0.15, -0.1) is 0 Å². The van der Waals surface area contributed by atoms with Crippen molar-refractivity contribution in [1.29, 1.82) is 0 Å².